The van der Waals surface area contributed by atoms with E-state index in [-0.39, 0.29) is 34.2 Å². The van der Waals surface area contributed by atoms with Crippen LogP contribution in [0.2, 0.25) is 36.3 Å². The molecule has 0 N–H and O–H groups in total. The van der Waals surface area contributed by atoms with Gasteiger partial charge in [0.05, 0.1) is 17.1 Å². The van der Waals surface area contributed by atoms with Crippen LogP contribution in [0.15, 0.2) is 60.0 Å². The molecular weight excluding hydrogens is 599 g/mol. The highest BCUT2D eigenvalue weighted by molar-refractivity contribution is 7.93. The van der Waals surface area contributed by atoms with Crippen molar-refractivity contribution in [2.45, 2.75) is 151 Å². The van der Waals surface area contributed by atoms with Crippen molar-refractivity contribution in [1.82, 2.24) is 4.90 Å². The van der Waals surface area contributed by atoms with Crippen LogP contribution in [0, 0.1) is 5.92 Å². The van der Waals surface area contributed by atoms with E-state index < -0.39 is 31.2 Å². The molecule has 5 nitrogen and oxygen atoms in total. The maximum Gasteiger partial charge on any atom is 0.192 e. The van der Waals surface area contributed by atoms with Crippen LogP contribution in [0.3, 0.4) is 0 Å². The highest BCUT2D eigenvalue weighted by Gasteiger charge is 2.63. The lowest BCUT2D eigenvalue weighted by Gasteiger charge is -2.43. The van der Waals surface area contributed by atoms with Crippen LogP contribution in [-0.4, -0.2) is 67.0 Å². The molecule has 5 atom stereocenters. The van der Waals surface area contributed by atoms with Crippen molar-refractivity contribution in [3.63, 3.8) is 0 Å². The van der Waals surface area contributed by atoms with Crippen molar-refractivity contribution < 1.29 is 17.3 Å². The molecule has 1 aliphatic carbocycles. The minimum atomic E-state index is -3.82. The molecule has 0 radical (unpaired) electrons. The Morgan fingerprint density at radius 2 is 1.57 bits per heavy atom. The quantitative estimate of drug-likeness (QED) is 0.106. The van der Waals surface area contributed by atoms with Gasteiger partial charge in [-0.2, -0.15) is 0 Å². The van der Waals surface area contributed by atoms with Crippen LogP contribution in [0.4, 0.5) is 0 Å². The number of unbranched alkanes of at least 4 members (excludes halogenated alkanes) is 2. The maximum absolute atomic E-state index is 15.0. The Morgan fingerprint density at radius 1 is 1.00 bits per heavy atom. The van der Waals surface area contributed by atoms with Crippen LogP contribution in [-0.2, 0) is 18.7 Å². The van der Waals surface area contributed by atoms with Crippen LogP contribution in [0.25, 0.3) is 0 Å². The molecule has 8 heteroatoms. The van der Waals surface area contributed by atoms with E-state index in [1.54, 1.807) is 18.2 Å². The van der Waals surface area contributed by atoms with Gasteiger partial charge in [0, 0.05) is 12.0 Å². The fourth-order valence-electron chi connectivity index (χ4n) is 6.09. The van der Waals surface area contributed by atoms with Crippen molar-refractivity contribution in [3.8, 4) is 0 Å². The number of allylic oxidation sites excluding steroid dienone is 1. The topological polar surface area (TPSA) is 55.8 Å². The second-order valence-electron chi connectivity index (χ2n) is 16.2. The number of nitrogens with zero attached hydrogens (tertiary/aromatic N) is 1. The largest absolute Gasteiger partial charge is 0.413 e. The first kappa shape index (κ1) is 39.1. The lowest BCUT2D eigenvalue weighted by molar-refractivity contribution is 0.149. The van der Waals surface area contributed by atoms with Gasteiger partial charge in [-0.1, -0.05) is 104 Å². The van der Waals surface area contributed by atoms with E-state index in [1.807, 2.05) is 32.3 Å². The molecule has 0 aliphatic heterocycles. The SMILES string of the molecule is C=CC[C@]1(S(=O)(=O)c2ccccc2)[C@@H](N(C)C)C[C@@H](O[Si](C)(C)C(C)(C)C)[C@@H]1/C=C/[C@H](CCCCC)O[Si](C)(C)C(C)(C)C. The van der Waals surface area contributed by atoms with Crippen molar-refractivity contribution in [2.75, 3.05) is 14.1 Å². The van der Waals surface area contributed by atoms with Gasteiger partial charge < -0.3 is 13.8 Å². The molecule has 0 bridgehead atoms. The Bertz CT molecular complexity index is 1200. The Labute approximate surface area is 274 Å². The lowest BCUT2D eigenvalue weighted by atomic mass is 9.87. The standard InChI is InChI=1S/C36H65NO4SSi2/c1-15-17-19-22-29(40-43(11,12)34(3,4)5)25-26-31-32(41-44(13,14)35(6,7)8)28-33(37(9)10)36(31,27-16-2)42(38,39)30-23-20-18-21-24-30/h16,18,20-21,23-26,29,31-33H,2,15,17,19,22,27-28H2,1,3-14H3/b26-25+/t29-,31-,32+,33-,36+/m0/s1. The van der Waals surface area contributed by atoms with Gasteiger partial charge in [-0.05, 0) is 81.8 Å². The Kier molecular flexibility index (Phi) is 13.2. The highest BCUT2D eigenvalue weighted by Crippen LogP contribution is 2.53. The van der Waals surface area contributed by atoms with Gasteiger partial charge >= 0.3 is 0 Å². The Morgan fingerprint density at radius 3 is 2.05 bits per heavy atom. The van der Waals surface area contributed by atoms with Crippen molar-refractivity contribution in [3.05, 3.63) is 55.1 Å². The van der Waals surface area contributed by atoms with Gasteiger partial charge in [-0.25, -0.2) is 8.42 Å². The Balaban J connectivity index is 2.84. The summed E-state index contributed by atoms with van der Waals surface area (Å²) < 4.78 is 43.1. The first-order valence-electron chi connectivity index (χ1n) is 16.7. The van der Waals surface area contributed by atoms with Gasteiger partial charge in [0.2, 0.25) is 0 Å². The second kappa shape index (κ2) is 14.8. The fourth-order valence-corrected chi connectivity index (χ4v) is 11.3. The molecule has 0 unspecified atom stereocenters. The molecule has 0 amide bonds. The third-order valence-corrected chi connectivity index (χ3v) is 22.4. The minimum absolute atomic E-state index is 0.00893. The predicted molar refractivity (Wildman–Crippen MR) is 194 cm³/mol. The Hall–Kier alpha value is -1.04. The number of benzene rings is 1. The summed E-state index contributed by atoms with van der Waals surface area (Å²) in [5, 5.41) is 0.0649. The molecule has 0 saturated heterocycles. The summed E-state index contributed by atoms with van der Waals surface area (Å²) in [6.07, 6.45) is 11.1. The second-order valence-corrected chi connectivity index (χ2v) is 28.0. The summed E-state index contributed by atoms with van der Waals surface area (Å²) in [5.41, 5.74) is 0. The normalized spacial score (nSPS) is 24.7. The van der Waals surface area contributed by atoms with E-state index in [0.29, 0.717) is 17.7 Å². The summed E-state index contributed by atoms with van der Waals surface area (Å²) >= 11 is 0. The monoisotopic (exact) mass is 663 g/mol. The fraction of sp³-hybridized carbons (Fsp3) is 0.722. The predicted octanol–water partition coefficient (Wildman–Crippen LogP) is 9.64. The molecule has 1 aromatic carbocycles. The zero-order chi connectivity index (χ0) is 33.8. The van der Waals surface area contributed by atoms with Crippen molar-refractivity contribution in [2.24, 2.45) is 5.92 Å². The molecule has 1 aliphatic rings. The van der Waals surface area contributed by atoms with Crippen LogP contribution < -0.4 is 0 Å². The minimum Gasteiger partial charge on any atom is -0.413 e. The average molecular weight is 664 g/mol. The van der Waals surface area contributed by atoms with E-state index in [0.717, 1.165) is 25.7 Å². The molecule has 0 aromatic heterocycles. The summed E-state index contributed by atoms with van der Waals surface area (Å²) in [6, 6.07) is 8.73. The van der Waals surface area contributed by atoms with E-state index in [4.69, 9.17) is 8.85 Å². The van der Waals surface area contributed by atoms with Gasteiger partial charge in [-0.15, -0.1) is 6.58 Å². The van der Waals surface area contributed by atoms with E-state index >= 15 is 8.42 Å². The molecule has 0 heterocycles. The number of sulfone groups is 1. The number of hydrogen-bond donors (Lipinski definition) is 0. The average Bonchev–Trinajstić information content (AvgIpc) is 3.20. The number of hydrogen-bond acceptors (Lipinski definition) is 5. The summed E-state index contributed by atoms with van der Waals surface area (Å²) in [4.78, 5) is 2.46. The zero-order valence-corrected chi connectivity index (χ0v) is 33.2. The first-order chi connectivity index (χ1) is 20.1. The van der Waals surface area contributed by atoms with Gasteiger partial charge in [0.15, 0.2) is 26.5 Å². The van der Waals surface area contributed by atoms with E-state index in [9.17, 15) is 0 Å². The van der Waals surface area contributed by atoms with Crippen LogP contribution >= 0.6 is 0 Å². The van der Waals surface area contributed by atoms with Gasteiger partial charge in [0.1, 0.15) is 4.75 Å². The maximum atomic E-state index is 15.0. The highest BCUT2D eigenvalue weighted by atomic mass is 32.2. The lowest BCUT2D eigenvalue weighted by Crippen LogP contribution is -2.55. The van der Waals surface area contributed by atoms with Gasteiger partial charge in [0.25, 0.3) is 0 Å². The first-order valence-corrected chi connectivity index (χ1v) is 24.0. The summed E-state index contributed by atoms with van der Waals surface area (Å²) in [5.74, 6) is -0.371. The third-order valence-electron chi connectivity index (χ3n) is 10.8. The molecule has 1 saturated carbocycles. The summed E-state index contributed by atoms with van der Waals surface area (Å²) in [7, 11) is -4.12. The van der Waals surface area contributed by atoms with E-state index in [2.05, 4.69) is 98.3 Å². The van der Waals surface area contributed by atoms with Crippen LogP contribution in [0.5, 0.6) is 0 Å². The van der Waals surface area contributed by atoms with Gasteiger partial charge in [-0.3, -0.25) is 0 Å². The van der Waals surface area contributed by atoms with Crippen molar-refractivity contribution in [1.29, 1.82) is 0 Å². The molecule has 2 rings (SSSR count). The molecule has 1 fully saturated rings. The summed E-state index contributed by atoms with van der Waals surface area (Å²) in [6.45, 7) is 29.0. The third kappa shape index (κ3) is 8.46. The molecule has 252 valence electrons. The van der Waals surface area contributed by atoms with Crippen molar-refractivity contribution >= 4 is 26.5 Å². The smallest absolute Gasteiger partial charge is 0.192 e. The number of rotatable bonds is 15. The molecule has 1 aromatic rings. The van der Waals surface area contributed by atoms with Crippen LogP contribution in [0.1, 0.15) is 87.0 Å². The molecular formula is C36H65NO4SSi2. The van der Waals surface area contributed by atoms with E-state index in [1.165, 1.54) is 0 Å². The molecule has 0 spiro atoms. The zero-order valence-electron chi connectivity index (χ0n) is 30.4. The molecule has 44 heavy (non-hydrogen) atoms.